The molecule has 1 aliphatic carbocycles. The molecule has 5 heteroatoms. The van der Waals surface area contributed by atoms with Gasteiger partial charge in [0, 0.05) is 12.1 Å². The summed E-state index contributed by atoms with van der Waals surface area (Å²) in [7, 11) is 0. The van der Waals surface area contributed by atoms with E-state index in [1.807, 2.05) is 24.3 Å². The fraction of sp³-hybridized carbons (Fsp3) is 0.357. The molecule has 0 radical (unpaired) electrons. The van der Waals surface area contributed by atoms with E-state index < -0.39 is 0 Å². The Kier molecular flexibility index (Phi) is 3.27. The minimum atomic E-state index is 0.0132. The van der Waals surface area contributed by atoms with Crippen molar-refractivity contribution < 1.29 is 4.79 Å². The van der Waals surface area contributed by atoms with E-state index in [0.717, 1.165) is 12.1 Å². The topological polar surface area (TPSA) is 59.8 Å². The molecule has 1 aromatic heterocycles. The molecule has 0 aliphatic heterocycles. The highest BCUT2D eigenvalue weighted by Gasteiger charge is 2.21. The van der Waals surface area contributed by atoms with Gasteiger partial charge in [0.25, 0.3) is 5.91 Å². The van der Waals surface area contributed by atoms with Crippen LogP contribution in [0.2, 0.25) is 0 Å². The van der Waals surface area contributed by atoms with Crippen LogP contribution in [0.15, 0.2) is 36.9 Å². The first kappa shape index (κ1) is 11.9. The van der Waals surface area contributed by atoms with Crippen molar-refractivity contribution in [3.8, 4) is 0 Å². The Balaban J connectivity index is 1.59. The number of carbonyl (C=O) groups excluding carboxylic acids is 1. The molecular formula is C14H16N4O. The van der Waals surface area contributed by atoms with Crippen LogP contribution in [-0.4, -0.2) is 27.2 Å². The molecule has 1 fully saturated rings. The first-order valence-electron chi connectivity index (χ1n) is 6.51. The summed E-state index contributed by atoms with van der Waals surface area (Å²) in [6, 6.07) is 7.62. The Hall–Kier alpha value is -2.17. The number of aromatic nitrogens is 3. The van der Waals surface area contributed by atoms with E-state index >= 15 is 0 Å². The Labute approximate surface area is 111 Å². The number of benzene rings is 1. The Bertz CT molecular complexity index is 543. The van der Waals surface area contributed by atoms with E-state index in [4.69, 9.17) is 0 Å². The van der Waals surface area contributed by atoms with Crippen LogP contribution >= 0.6 is 0 Å². The summed E-state index contributed by atoms with van der Waals surface area (Å²) in [4.78, 5) is 15.8. The van der Waals surface area contributed by atoms with Crippen molar-refractivity contribution >= 4 is 5.91 Å². The number of amides is 1. The van der Waals surface area contributed by atoms with E-state index in [2.05, 4.69) is 15.4 Å². The van der Waals surface area contributed by atoms with Crippen LogP contribution in [0.4, 0.5) is 0 Å². The molecule has 19 heavy (non-hydrogen) atoms. The number of nitrogens with zero attached hydrogens (tertiary/aromatic N) is 3. The summed E-state index contributed by atoms with van der Waals surface area (Å²) in [6.07, 6.45) is 5.68. The number of carbonyl (C=O) groups is 1. The smallest absolute Gasteiger partial charge is 0.251 e. The molecule has 0 atom stereocenters. The summed E-state index contributed by atoms with van der Waals surface area (Å²) in [5.41, 5.74) is 1.81. The molecule has 0 saturated heterocycles. The third kappa shape index (κ3) is 3.19. The summed E-state index contributed by atoms with van der Waals surface area (Å²) in [5, 5.41) is 7.01. The second-order valence-corrected chi connectivity index (χ2v) is 4.94. The fourth-order valence-electron chi connectivity index (χ4n) is 1.92. The van der Waals surface area contributed by atoms with E-state index in [9.17, 15) is 4.79 Å². The standard InChI is InChI=1S/C14H16N4O/c19-14(16-7-11-1-2-11)13-5-3-12(4-6-13)8-18-10-15-9-17-18/h3-6,9-11H,1-2,7-8H2,(H,16,19). The summed E-state index contributed by atoms with van der Waals surface area (Å²) < 4.78 is 1.75. The molecular weight excluding hydrogens is 240 g/mol. The molecule has 1 saturated carbocycles. The highest BCUT2D eigenvalue weighted by atomic mass is 16.1. The second kappa shape index (κ2) is 5.22. The molecule has 1 N–H and O–H groups in total. The van der Waals surface area contributed by atoms with Crippen molar-refractivity contribution in [1.82, 2.24) is 20.1 Å². The van der Waals surface area contributed by atoms with Crippen LogP contribution in [0, 0.1) is 5.92 Å². The monoisotopic (exact) mass is 256 g/mol. The number of hydrogen-bond acceptors (Lipinski definition) is 3. The maximum absolute atomic E-state index is 11.9. The molecule has 1 aromatic carbocycles. The zero-order valence-corrected chi connectivity index (χ0v) is 10.6. The van der Waals surface area contributed by atoms with Crippen LogP contribution in [0.1, 0.15) is 28.8 Å². The first-order chi connectivity index (χ1) is 9.31. The Morgan fingerprint density at radius 1 is 1.32 bits per heavy atom. The van der Waals surface area contributed by atoms with E-state index in [1.165, 1.54) is 19.2 Å². The Morgan fingerprint density at radius 3 is 2.74 bits per heavy atom. The number of hydrogen-bond donors (Lipinski definition) is 1. The highest BCUT2D eigenvalue weighted by molar-refractivity contribution is 5.94. The van der Waals surface area contributed by atoms with Crippen molar-refractivity contribution in [2.75, 3.05) is 6.54 Å². The molecule has 98 valence electrons. The minimum absolute atomic E-state index is 0.0132. The lowest BCUT2D eigenvalue weighted by atomic mass is 10.1. The lowest BCUT2D eigenvalue weighted by Crippen LogP contribution is -2.25. The molecule has 5 nitrogen and oxygen atoms in total. The average molecular weight is 256 g/mol. The van der Waals surface area contributed by atoms with Gasteiger partial charge in [-0.05, 0) is 36.5 Å². The summed E-state index contributed by atoms with van der Waals surface area (Å²) in [5.74, 6) is 0.717. The molecule has 0 spiro atoms. The molecule has 0 unspecified atom stereocenters. The molecule has 0 bridgehead atoms. The largest absolute Gasteiger partial charge is 0.352 e. The van der Waals surface area contributed by atoms with Gasteiger partial charge in [0.2, 0.25) is 0 Å². The molecule has 3 rings (SSSR count). The van der Waals surface area contributed by atoms with Crippen molar-refractivity contribution in [3.63, 3.8) is 0 Å². The van der Waals surface area contributed by atoms with Gasteiger partial charge in [0.1, 0.15) is 12.7 Å². The lowest BCUT2D eigenvalue weighted by Gasteiger charge is -2.05. The van der Waals surface area contributed by atoms with Gasteiger partial charge in [-0.3, -0.25) is 4.79 Å². The van der Waals surface area contributed by atoms with E-state index in [1.54, 1.807) is 11.0 Å². The van der Waals surface area contributed by atoms with Gasteiger partial charge in [-0.25, -0.2) is 9.67 Å². The quantitative estimate of drug-likeness (QED) is 0.881. The predicted octanol–water partition coefficient (Wildman–Crippen LogP) is 1.47. The minimum Gasteiger partial charge on any atom is -0.352 e. The van der Waals surface area contributed by atoms with Gasteiger partial charge in [0.05, 0.1) is 6.54 Å². The van der Waals surface area contributed by atoms with Crippen molar-refractivity contribution in [1.29, 1.82) is 0 Å². The molecule has 2 aromatic rings. The van der Waals surface area contributed by atoms with Crippen LogP contribution in [0.25, 0.3) is 0 Å². The van der Waals surface area contributed by atoms with Gasteiger partial charge in [-0.1, -0.05) is 12.1 Å². The van der Waals surface area contributed by atoms with Crippen molar-refractivity contribution in [2.24, 2.45) is 5.92 Å². The SMILES string of the molecule is O=C(NCC1CC1)c1ccc(Cn2cncn2)cc1. The van der Waals surface area contributed by atoms with Gasteiger partial charge in [-0.2, -0.15) is 5.10 Å². The average Bonchev–Trinajstić information content (AvgIpc) is 3.13. The van der Waals surface area contributed by atoms with Gasteiger partial charge >= 0.3 is 0 Å². The Morgan fingerprint density at radius 2 is 2.11 bits per heavy atom. The lowest BCUT2D eigenvalue weighted by molar-refractivity contribution is 0.0952. The fourth-order valence-corrected chi connectivity index (χ4v) is 1.92. The summed E-state index contributed by atoms with van der Waals surface area (Å²) in [6.45, 7) is 1.48. The van der Waals surface area contributed by atoms with Crippen LogP contribution in [-0.2, 0) is 6.54 Å². The zero-order chi connectivity index (χ0) is 13.1. The maximum Gasteiger partial charge on any atom is 0.251 e. The zero-order valence-electron chi connectivity index (χ0n) is 10.6. The van der Waals surface area contributed by atoms with Crippen LogP contribution in [0.3, 0.4) is 0 Å². The van der Waals surface area contributed by atoms with Crippen molar-refractivity contribution in [2.45, 2.75) is 19.4 Å². The third-order valence-corrected chi connectivity index (χ3v) is 3.28. The maximum atomic E-state index is 11.9. The first-order valence-corrected chi connectivity index (χ1v) is 6.51. The summed E-state index contributed by atoms with van der Waals surface area (Å²) >= 11 is 0. The molecule has 1 amide bonds. The van der Waals surface area contributed by atoms with Gasteiger partial charge < -0.3 is 5.32 Å². The molecule has 1 aliphatic rings. The van der Waals surface area contributed by atoms with Crippen molar-refractivity contribution in [3.05, 3.63) is 48.0 Å². The van der Waals surface area contributed by atoms with E-state index in [0.29, 0.717) is 18.0 Å². The van der Waals surface area contributed by atoms with Gasteiger partial charge in [-0.15, -0.1) is 0 Å². The predicted molar refractivity (Wildman–Crippen MR) is 70.6 cm³/mol. The molecule has 1 heterocycles. The van der Waals surface area contributed by atoms with Gasteiger partial charge in [0.15, 0.2) is 0 Å². The number of nitrogens with one attached hydrogen (secondary N) is 1. The second-order valence-electron chi connectivity index (χ2n) is 4.94. The normalized spacial score (nSPS) is 14.3. The van der Waals surface area contributed by atoms with Crippen LogP contribution < -0.4 is 5.32 Å². The van der Waals surface area contributed by atoms with E-state index in [-0.39, 0.29) is 5.91 Å². The highest BCUT2D eigenvalue weighted by Crippen LogP contribution is 2.27. The number of rotatable bonds is 5. The third-order valence-electron chi connectivity index (χ3n) is 3.28. The van der Waals surface area contributed by atoms with Crippen LogP contribution in [0.5, 0.6) is 0 Å².